The maximum atomic E-state index is 12.7. The number of thioether (sulfide) groups is 1. The van der Waals surface area contributed by atoms with E-state index in [0.29, 0.717) is 12.8 Å². The molecule has 5 heteroatoms. The van der Waals surface area contributed by atoms with E-state index in [1.165, 1.54) is 11.1 Å². The second kappa shape index (κ2) is 8.62. The van der Waals surface area contributed by atoms with Crippen LogP contribution in [0.2, 0.25) is 0 Å². The van der Waals surface area contributed by atoms with Crippen molar-refractivity contribution in [3.63, 3.8) is 0 Å². The summed E-state index contributed by atoms with van der Waals surface area (Å²) < 4.78 is 0. The monoisotopic (exact) mass is 408 g/mol. The summed E-state index contributed by atoms with van der Waals surface area (Å²) in [5.74, 6) is 1.87. The Kier molecular flexibility index (Phi) is 5.95. The van der Waals surface area contributed by atoms with Gasteiger partial charge in [-0.3, -0.25) is 9.59 Å². The highest BCUT2D eigenvalue weighted by Gasteiger charge is 2.31. The number of carbonyl (C=O) groups is 2. The minimum atomic E-state index is 0.184. The van der Waals surface area contributed by atoms with E-state index in [1.54, 1.807) is 11.8 Å². The second-order valence-corrected chi connectivity index (χ2v) is 9.23. The van der Waals surface area contributed by atoms with Gasteiger partial charge in [-0.2, -0.15) is 11.8 Å². The lowest BCUT2D eigenvalue weighted by Crippen LogP contribution is -2.36. The van der Waals surface area contributed by atoms with Crippen LogP contribution < -0.4 is 9.80 Å². The van der Waals surface area contributed by atoms with Crippen LogP contribution in [0, 0.1) is 0 Å². The third-order valence-electron chi connectivity index (χ3n) is 5.87. The average molecular weight is 409 g/mol. The number of hydrogen-bond acceptors (Lipinski definition) is 3. The number of hydrogen-bond donors (Lipinski definition) is 0. The molecule has 0 fully saturated rings. The molecule has 0 aromatic heterocycles. The van der Waals surface area contributed by atoms with Gasteiger partial charge < -0.3 is 9.80 Å². The van der Waals surface area contributed by atoms with E-state index in [9.17, 15) is 9.59 Å². The Hall–Kier alpha value is -2.27. The van der Waals surface area contributed by atoms with E-state index in [2.05, 4.69) is 26.0 Å². The van der Waals surface area contributed by atoms with Crippen LogP contribution in [-0.2, 0) is 22.4 Å². The number of nitrogens with zero attached hydrogens (tertiary/aromatic N) is 2. The Bertz CT molecular complexity index is 840. The number of benzene rings is 2. The molecule has 152 valence electrons. The topological polar surface area (TPSA) is 40.6 Å². The zero-order valence-electron chi connectivity index (χ0n) is 17.1. The molecule has 0 bridgehead atoms. The minimum Gasteiger partial charge on any atom is -0.309 e. The number of rotatable bonds is 6. The first-order chi connectivity index (χ1) is 14.1. The summed E-state index contributed by atoms with van der Waals surface area (Å²) in [4.78, 5) is 29.4. The van der Waals surface area contributed by atoms with Crippen LogP contribution in [0.5, 0.6) is 0 Å². The molecule has 2 aromatic rings. The van der Waals surface area contributed by atoms with Crippen molar-refractivity contribution in [2.45, 2.75) is 51.6 Å². The van der Waals surface area contributed by atoms with Crippen LogP contribution >= 0.6 is 11.8 Å². The molecule has 2 aliphatic rings. The van der Waals surface area contributed by atoms with Crippen molar-refractivity contribution in [2.75, 3.05) is 21.3 Å². The Morgan fingerprint density at radius 1 is 0.793 bits per heavy atom. The van der Waals surface area contributed by atoms with Crippen molar-refractivity contribution < 1.29 is 9.59 Å². The van der Waals surface area contributed by atoms with Crippen LogP contribution in [0.1, 0.15) is 37.8 Å². The van der Waals surface area contributed by atoms with Crippen molar-refractivity contribution >= 4 is 35.0 Å². The molecular formula is C24H28N2O2S. The van der Waals surface area contributed by atoms with Crippen LogP contribution in [0.3, 0.4) is 0 Å². The van der Waals surface area contributed by atoms with E-state index >= 15 is 0 Å². The molecule has 2 amide bonds. The van der Waals surface area contributed by atoms with Gasteiger partial charge in [0.25, 0.3) is 0 Å². The molecule has 2 heterocycles. The molecule has 4 nitrogen and oxygen atoms in total. The van der Waals surface area contributed by atoms with Gasteiger partial charge in [-0.25, -0.2) is 0 Å². The molecule has 2 aliphatic heterocycles. The number of para-hydroxylation sites is 2. The molecule has 0 saturated heterocycles. The average Bonchev–Trinajstić information content (AvgIpc) is 3.22. The van der Waals surface area contributed by atoms with Crippen LogP contribution in [-0.4, -0.2) is 35.4 Å². The quantitative estimate of drug-likeness (QED) is 0.663. The third-order valence-corrected chi connectivity index (χ3v) is 6.86. The SMILES string of the molecule is CC1Cc2ccccc2N1C(=O)CCSCCC(=O)N1c2ccccc2CC1C. The van der Waals surface area contributed by atoms with Crippen molar-refractivity contribution in [2.24, 2.45) is 0 Å². The standard InChI is InChI=1S/C24H28N2O2S/c1-17-15-19-7-3-5-9-21(19)25(17)23(27)11-13-29-14-12-24(28)26-18(2)16-20-8-4-6-10-22(20)26/h3-10,17-18H,11-16H2,1-2H3. The van der Waals surface area contributed by atoms with Crippen molar-refractivity contribution in [1.82, 2.24) is 0 Å². The van der Waals surface area contributed by atoms with Gasteiger partial charge in [0.05, 0.1) is 0 Å². The van der Waals surface area contributed by atoms with E-state index in [-0.39, 0.29) is 23.9 Å². The Labute approximate surface area is 177 Å². The molecular weight excluding hydrogens is 380 g/mol. The summed E-state index contributed by atoms with van der Waals surface area (Å²) >= 11 is 1.70. The number of fused-ring (bicyclic) bond motifs is 2. The summed E-state index contributed by atoms with van der Waals surface area (Å²) in [7, 11) is 0. The summed E-state index contributed by atoms with van der Waals surface area (Å²) in [6.45, 7) is 4.22. The summed E-state index contributed by atoms with van der Waals surface area (Å²) in [5.41, 5.74) is 4.64. The smallest absolute Gasteiger partial charge is 0.228 e. The lowest BCUT2D eigenvalue weighted by Gasteiger charge is -2.23. The van der Waals surface area contributed by atoms with Crippen molar-refractivity contribution in [3.05, 3.63) is 59.7 Å². The van der Waals surface area contributed by atoms with E-state index in [0.717, 1.165) is 35.7 Å². The fraction of sp³-hybridized carbons (Fsp3) is 0.417. The normalized spacial score (nSPS) is 19.9. The van der Waals surface area contributed by atoms with E-state index in [4.69, 9.17) is 0 Å². The lowest BCUT2D eigenvalue weighted by molar-refractivity contribution is -0.119. The highest BCUT2D eigenvalue weighted by atomic mass is 32.2. The minimum absolute atomic E-state index is 0.184. The number of anilines is 2. The van der Waals surface area contributed by atoms with Gasteiger partial charge in [-0.1, -0.05) is 36.4 Å². The summed E-state index contributed by atoms with van der Waals surface area (Å²) in [5, 5.41) is 0. The summed E-state index contributed by atoms with van der Waals surface area (Å²) in [6, 6.07) is 16.8. The fourth-order valence-corrected chi connectivity index (χ4v) is 5.40. The van der Waals surface area contributed by atoms with Gasteiger partial charge in [0.1, 0.15) is 0 Å². The zero-order chi connectivity index (χ0) is 20.4. The van der Waals surface area contributed by atoms with Crippen LogP contribution in [0.25, 0.3) is 0 Å². The molecule has 0 spiro atoms. The first kappa shape index (κ1) is 20.0. The van der Waals surface area contributed by atoms with Crippen molar-refractivity contribution in [1.29, 1.82) is 0 Å². The number of carbonyl (C=O) groups excluding carboxylic acids is 2. The van der Waals surface area contributed by atoms with Gasteiger partial charge in [0.15, 0.2) is 0 Å². The Balaban J connectivity index is 1.24. The number of amides is 2. The first-order valence-corrected chi connectivity index (χ1v) is 11.6. The molecule has 0 saturated carbocycles. The predicted molar refractivity (Wildman–Crippen MR) is 121 cm³/mol. The second-order valence-electron chi connectivity index (χ2n) is 8.00. The van der Waals surface area contributed by atoms with Crippen molar-refractivity contribution in [3.8, 4) is 0 Å². The molecule has 29 heavy (non-hydrogen) atoms. The Morgan fingerprint density at radius 3 is 1.66 bits per heavy atom. The van der Waals surface area contributed by atoms with Gasteiger partial charge in [-0.15, -0.1) is 0 Å². The first-order valence-electron chi connectivity index (χ1n) is 10.4. The predicted octanol–water partition coefficient (Wildman–Crippen LogP) is 4.46. The van der Waals surface area contributed by atoms with Gasteiger partial charge >= 0.3 is 0 Å². The third kappa shape index (κ3) is 4.06. The van der Waals surface area contributed by atoms with Gasteiger partial charge in [-0.05, 0) is 49.9 Å². The molecule has 2 atom stereocenters. The lowest BCUT2D eigenvalue weighted by atomic mass is 10.1. The molecule has 0 aliphatic carbocycles. The maximum Gasteiger partial charge on any atom is 0.228 e. The van der Waals surface area contributed by atoms with E-state index < -0.39 is 0 Å². The largest absolute Gasteiger partial charge is 0.309 e. The molecule has 2 aromatic carbocycles. The maximum absolute atomic E-state index is 12.7. The molecule has 0 N–H and O–H groups in total. The van der Waals surface area contributed by atoms with E-state index in [1.807, 2.05) is 46.2 Å². The van der Waals surface area contributed by atoms with Gasteiger partial charge in [0, 0.05) is 47.8 Å². The fourth-order valence-electron chi connectivity index (χ4n) is 4.55. The zero-order valence-corrected chi connectivity index (χ0v) is 18.0. The highest BCUT2D eigenvalue weighted by Crippen LogP contribution is 2.33. The van der Waals surface area contributed by atoms with Gasteiger partial charge in [0.2, 0.25) is 11.8 Å². The van der Waals surface area contributed by atoms with Crippen LogP contribution in [0.15, 0.2) is 48.5 Å². The highest BCUT2D eigenvalue weighted by molar-refractivity contribution is 7.99. The molecule has 4 rings (SSSR count). The van der Waals surface area contributed by atoms with Crippen LogP contribution in [0.4, 0.5) is 11.4 Å². The summed E-state index contributed by atoms with van der Waals surface area (Å²) in [6.07, 6.45) is 2.89. The molecule has 2 unspecified atom stereocenters. The molecule has 0 radical (unpaired) electrons. The Morgan fingerprint density at radius 2 is 1.21 bits per heavy atom.